The van der Waals surface area contributed by atoms with Crippen LogP contribution < -0.4 is 4.57 Å². The minimum absolute atomic E-state index is 0.0289. The first-order chi connectivity index (χ1) is 7.31. The molecule has 1 N–H and O–H groups in total. The summed E-state index contributed by atoms with van der Waals surface area (Å²) >= 11 is 0. The van der Waals surface area contributed by atoms with Crippen molar-refractivity contribution >= 4 is 10.4 Å². The quantitative estimate of drug-likeness (QED) is 0.626. The van der Waals surface area contributed by atoms with Gasteiger partial charge in [-0.1, -0.05) is 0 Å². The Morgan fingerprint density at radius 1 is 1.50 bits per heavy atom. The third-order valence-corrected chi connectivity index (χ3v) is 2.54. The number of nitrogens with zero attached hydrogens (tertiary/aromatic N) is 2. The van der Waals surface area contributed by atoms with Gasteiger partial charge in [-0.05, 0) is 13.8 Å². The van der Waals surface area contributed by atoms with Crippen LogP contribution in [0.15, 0.2) is 12.4 Å². The van der Waals surface area contributed by atoms with E-state index in [1.54, 1.807) is 0 Å². The number of aromatic nitrogens is 2. The van der Waals surface area contributed by atoms with Crippen LogP contribution in [0.3, 0.4) is 0 Å². The van der Waals surface area contributed by atoms with E-state index in [0.29, 0.717) is 0 Å². The lowest BCUT2D eigenvalue weighted by molar-refractivity contribution is -0.677. The second kappa shape index (κ2) is 6.62. The maximum atomic E-state index is 9.56. The Morgan fingerprint density at radius 2 is 2.06 bits per heavy atom. The standard InChI is InChI=1S/C7H13N2.C2H6O4S/c1-4-9-6-5-8(3)7(9)2;1-2-6-7(3,4)5/h5-6H,4H2,1-3H3;2H2,1H3,(H,3,4,5)/q+1;. The van der Waals surface area contributed by atoms with Gasteiger partial charge in [-0.25, -0.2) is 13.3 Å². The summed E-state index contributed by atoms with van der Waals surface area (Å²) in [6.07, 6.45) is 4.16. The summed E-state index contributed by atoms with van der Waals surface area (Å²) in [5.74, 6) is 1.30. The molecule has 0 saturated carbocycles. The summed E-state index contributed by atoms with van der Waals surface area (Å²) in [4.78, 5) is 0. The van der Waals surface area contributed by atoms with Gasteiger partial charge in [0.15, 0.2) is 0 Å². The van der Waals surface area contributed by atoms with Crippen LogP contribution in [-0.2, 0) is 28.2 Å². The molecule has 7 heteroatoms. The highest BCUT2D eigenvalue weighted by molar-refractivity contribution is 7.80. The molecule has 94 valence electrons. The van der Waals surface area contributed by atoms with Crippen molar-refractivity contribution < 1.29 is 21.7 Å². The van der Waals surface area contributed by atoms with E-state index in [0.717, 1.165) is 6.54 Å². The summed E-state index contributed by atoms with van der Waals surface area (Å²) in [6.45, 7) is 6.76. The molecule has 0 bridgehead atoms. The molecule has 0 aliphatic carbocycles. The van der Waals surface area contributed by atoms with Crippen molar-refractivity contribution in [2.24, 2.45) is 7.05 Å². The van der Waals surface area contributed by atoms with Crippen molar-refractivity contribution in [2.45, 2.75) is 27.3 Å². The number of aryl methyl sites for hydroxylation is 2. The maximum absolute atomic E-state index is 9.56. The molecular formula is C9H19N2O4S+. The van der Waals surface area contributed by atoms with Crippen LogP contribution in [0.5, 0.6) is 0 Å². The molecule has 0 aromatic carbocycles. The Morgan fingerprint density at radius 3 is 2.19 bits per heavy atom. The zero-order valence-corrected chi connectivity index (χ0v) is 10.9. The Bertz CT molecular complexity index is 411. The van der Waals surface area contributed by atoms with E-state index in [2.05, 4.69) is 46.6 Å². The Labute approximate surface area is 96.4 Å². The zero-order valence-electron chi connectivity index (χ0n) is 10.0. The highest BCUT2D eigenvalue weighted by Crippen LogP contribution is 1.89. The predicted molar refractivity (Wildman–Crippen MR) is 59.2 cm³/mol. The zero-order chi connectivity index (χ0) is 12.8. The molecule has 0 aliphatic rings. The van der Waals surface area contributed by atoms with Crippen molar-refractivity contribution in [3.05, 3.63) is 18.2 Å². The lowest BCUT2D eigenvalue weighted by atomic mass is 10.6. The van der Waals surface area contributed by atoms with Gasteiger partial charge in [-0.3, -0.25) is 4.55 Å². The van der Waals surface area contributed by atoms with Crippen LogP contribution in [-0.4, -0.2) is 24.1 Å². The van der Waals surface area contributed by atoms with Crippen LogP contribution in [0.25, 0.3) is 0 Å². The summed E-state index contributed by atoms with van der Waals surface area (Å²) in [6, 6.07) is 0. The molecule has 0 atom stereocenters. The fourth-order valence-corrected chi connectivity index (χ4v) is 1.38. The Kier molecular flexibility index (Phi) is 6.24. The summed E-state index contributed by atoms with van der Waals surface area (Å²) in [5, 5.41) is 0. The van der Waals surface area contributed by atoms with Crippen molar-refractivity contribution in [1.82, 2.24) is 4.57 Å². The molecule has 16 heavy (non-hydrogen) atoms. The molecule has 0 spiro atoms. The lowest BCUT2D eigenvalue weighted by Crippen LogP contribution is -2.29. The van der Waals surface area contributed by atoms with Gasteiger partial charge in [0.05, 0.1) is 20.2 Å². The third kappa shape index (κ3) is 5.84. The van der Waals surface area contributed by atoms with E-state index >= 15 is 0 Å². The SMILES string of the molecule is CCOS(=O)(=O)O.CCn1cc[n+](C)c1C. The molecule has 1 heterocycles. The summed E-state index contributed by atoms with van der Waals surface area (Å²) < 4.78 is 35.0. The largest absolute Gasteiger partial charge is 0.397 e. The topological polar surface area (TPSA) is 72.4 Å². The number of rotatable bonds is 3. The van der Waals surface area contributed by atoms with Gasteiger partial charge in [0, 0.05) is 6.92 Å². The van der Waals surface area contributed by atoms with E-state index in [-0.39, 0.29) is 6.61 Å². The maximum Gasteiger partial charge on any atom is 0.397 e. The molecule has 6 nitrogen and oxygen atoms in total. The Balaban J connectivity index is 0.000000293. The predicted octanol–water partition coefficient (Wildman–Crippen LogP) is 0.467. The van der Waals surface area contributed by atoms with Crippen LogP contribution in [0.4, 0.5) is 0 Å². The van der Waals surface area contributed by atoms with Gasteiger partial charge in [0.25, 0.3) is 5.82 Å². The van der Waals surface area contributed by atoms with Crippen molar-refractivity contribution in [3.63, 3.8) is 0 Å². The molecule has 0 fully saturated rings. The molecule has 0 unspecified atom stereocenters. The minimum Gasteiger partial charge on any atom is -0.264 e. The Hall–Kier alpha value is -0.920. The first-order valence-corrected chi connectivity index (χ1v) is 6.31. The number of hydrogen-bond donors (Lipinski definition) is 1. The fourth-order valence-electron chi connectivity index (χ4n) is 1.08. The van der Waals surface area contributed by atoms with Gasteiger partial charge in [0.2, 0.25) is 0 Å². The highest BCUT2D eigenvalue weighted by Gasteiger charge is 2.04. The molecule has 1 aromatic rings. The van der Waals surface area contributed by atoms with Crippen molar-refractivity contribution in [2.75, 3.05) is 6.61 Å². The second-order valence-electron chi connectivity index (χ2n) is 3.08. The van der Waals surface area contributed by atoms with Gasteiger partial charge in [-0.2, -0.15) is 8.42 Å². The van der Waals surface area contributed by atoms with Crippen molar-refractivity contribution in [1.29, 1.82) is 0 Å². The molecule has 0 saturated heterocycles. The molecule has 0 radical (unpaired) electrons. The monoisotopic (exact) mass is 251 g/mol. The second-order valence-corrected chi connectivity index (χ2v) is 4.17. The number of hydrogen-bond acceptors (Lipinski definition) is 3. The lowest BCUT2D eigenvalue weighted by Gasteiger charge is -1.90. The van der Waals surface area contributed by atoms with E-state index < -0.39 is 10.4 Å². The average Bonchev–Trinajstić information content (AvgIpc) is 2.46. The fraction of sp³-hybridized carbons (Fsp3) is 0.667. The van der Waals surface area contributed by atoms with Crippen molar-refractivity contribution in [3.8, 4) is 0 Å². The highest BCUT2D eigenvalue weighted by atomic mass is 32.3. The average molecular weight is 251 g/mol. The van der Waals surface area contributed by atoms with Gasteiger partial charge < -0.3 is 0 Å². The van der Waals surface area contributed by atoms with Gasteiger partial charge in [0.1, 0.15) is 12.4 Å². The first-order valence-electron chi connectivity index (χ1n) is 4.95. The molecule has 0 aliphatic heterocycles. The normalized spacial score (nSPS) is 10.8. The molecule has 0 amide bonds. The minimum atomic E-state index is -4.17. The van der Waals surface area contributed by atoms with E-state index in [1.165, 1.54) is 12.7 Å². The third-order valence-electron chi connectivity index (χ3n) is 2.00. The molecular weight excluding hydrogens is 232 g/mol. The molecule has 1 aromatic heterocycles. The van der Waals surface area contributed by atoms with E-state index in [9.17, 15) is 8.42 Å². The summed E-state index contributed by atoms with van der Waals surface area (Å²) in [7, 11) is -2.12. The molecule has 1 rings (SSSR count). The number of imidazole rings is 1. The van der Waals surface area contributed by atoms with Crippen LogP contribution in [0, 0.1) is 6.92 Å². The van der Waals surface area contributed by atoms with Gasteiger partial charge in [-0.15, -0.1) is 0 Å². The van der Waals surface area contributed by atoms with E-state index in [1.807, 2.05) is 0 Å². The van der Waals surface area contributed by atoms with E-state index in [4.69, 9.17) is 4.55 Å². The van der Waals surface area contributed by atoms with Gasteiger partial charge >= 0.3 is 10.4 Å². The summed E-state index contributed by atoms with van der Waals surface area (Å²) in [5.41, 5.74) is 0. The van der Waals surface area contributed by atoms with Crippen LogP contribution >= 0.6 is 0 Å². The first kappa shape index (κ1) is 15.1. The smallest absolute Gasteiger partial charge is 0.264 e. The van der Waals surface area contributed by atoms with Crippen LogP contribution in [0.2, 0.25) is 0 Å². The van der Waals surface area contributed by atoms with Crippen LogP contribution in [0.1, 0.15) is 19.7 Å².